The molecule has 0 saturated carbocycles. The van der Waals surface area contributed by atoms with Crippen molar-refractivity contribution in [2.75, 3.05) is 18.0 Å². The van der Waals surface area contributed by atoms with E-state index in [1.54, 1.807) is 18.3 Å². The van der Waals surface area contributed by atoms with Gasteiger partial charge in [-0.25, -0.2) is 4.98 Å². The summed E-state index contributed by atoms with van der Waals surface area (Å²) in [4.78, 5) is 17.7. The first kappa shape index (κ1) is 13.3. The number of carbonyl (C=O) groups is 1. The minimum atomic E-state index is -0.728. The number of carboxylic acid groups (broad SMARTS) is 1. The van der Waals surface area contributed by atoms with Gasteiger partial charge in [0.25, 0.3) is 0 Å². The minimum absolute atomic E-state index is 0.470. The Bertz CT molecular complexity index is 524. The molecule has 100 valence electrons. The van der Waals surface area contributed by atoms with Crippen molar-refractivity contribution in [3.05, 3.63) is 23.9 Å². The maximum absolute atomic E-state index is 11.5. The molecule has 0 bridgehead atoms. The molecule has 1 saturated heterocycles. The number of pyridine rings is 1. The van der Waals surface area contributed by atoms with E-state index in [9.17, 15) is 9.90 Å². The molecule has 1 fully saturated rings. The van der Waals surface area contributed by atoms with E-state index in [0.717, 1.165) is 6.42 Å². The van der Waals surface area contributed by atoms with Crippen molar-refractivity contribution < 1.29 is 9.90 Å². The van der Waals surface area contributed by atoms with Crippen LogP contribution in [0.4, 0.5) is 5.82 Å². The van der Waals surface area contributed by atoms with Crippen molar-refractivity contribution in [2.24, 2.45) is 5.41 Å². The summed E-state index contributed by atoms with van der Waals surface area (Å²) in [6, 6.07) is 5.44. The average molecular weight is 259 g/mol. The van der Waals surface area contributed by atoms with Crippen LogP contribution in [0.2, 0.25) is 0 Å². The van der Waals surface area contributed by atoms with Gasteiger partial charge in [0.15, 0.2) is 0 Å². The summed E-state index contributed by atoms with van der Waals surface area (Å²) in [7, 11) is 0. The third-order valence-electron chi connectivity index (χ3n) is 3.73. The number of hydrogen-bond acceptors (Lipinski definition) is 4. The van der Waals surface area contributed by atoms with E-state index in [0.29, 0.717) is 37.3 Å². The number of hydrogen-bond donors (Lipinski definition) is 1. The van der Waals surface area contributed by atoms with Crippen molar-refractivity contribution >= 4 is 11.8 Å². The van der Waals surface area contributed by atoms with Crippen LogP contribution in [0.5, 0.6) is 0 Å². The first-order valence-electron chi connectivity index (χ1n) is 6.46. The maximum Gasteiger partial charge on any atom is 0.311 e. The first-order chi connectivity index (χ1) is 9.11. The molecular formula is C14H17N3O2. The Labute approximate surface area is 112 Å². The summed E-state index contributed by atoms with van der Waals surface area (Å²) >= 11 is 0. The lowest BCUT2D eigenvalue weighted by Crippen LogP contribution is -2.34. The summed E-state index contributed by atoms with van der Waals surface area (Å²) in [5.74, 6) is -0.0356. The van der Waals surface area contributed by atoms with Crippen molar-refractivity contribution in [2.45, 2.75) is 26.2 Å². The quantitative estimate of drug-likeness (QED) is 0.895. The van der Waals surface area contributed by atoms with Crippen LogP contribution in [-0.4, -0.2) is 29.1 Å². The Morgan fingerprint density at radius 2 is 2.47 bits per heavy atom. The van der Waals surface area contributed by atoms with Gasteiger partial charge in [0, 0.05) is 19.3 Å². The van der Waals surface area contributed by atoms with E-state index in [1.165, 1.54) is 0 Å². The van der Waals surface area contributed by atoms with Gasteiger partial charge in [-0.2, -0.15) is 5.26 Å². The number of rotatable bonds is 4. The summed E-state index contributed by atoms with van der Waals surface area (Å²) in [6.45, 7) is 3.15. The Hall–Kier alpha value is -2.09. The van der Waals surface area contributed by atoms with E-state index in [2.05, 4.69) is 11.1 Å². The molecule has 5 nitrogen and oxygen atoms in total. The SMILES string of the molecule is CCCC1(C(=O)O)CCN(c2cc(C#N)ccn2)C1. The molecule has 2 heterocycles. The van der Waals surface area contributed by atoms with Crippen LogP contribution >= 0.6 is 0 Å². The Morgan fingerprint density at radius 3 is 3.11 bits per heavy atom. The normalized spacial score (nSPS) is 22.2. The molecule has 1 N–H and O–H groups in total. The molecule has 5 heteroatoms. The van der Waals surface area contributed by atoms with Crippen LogP contribution in [0.15, 0.2) is 18.3 Å². The van der Waals surface area contributed by atoms with Crippen LogP contribution in [0.25, 0.3) is 0 Å². The predicted octanol–water partition coefficient (Wildman–Crippen LogP) is 2.03. The molecule has 1 atom stereocenters. The van der Waals surface area contributed by atoms with Gasteiger partial charge >= 0.3 is 5.97 Å². The number of nitriles is 1. The van der Waals surface area contributed by atoms with E-state index in [1.807, 2.05) is 11.8 Å². The van der Waals surface area contributed by atoms with Crippen LogP contribution in [0.3, 0.4) is 0 Å². The number of carboxylic acids is 1. The molecule has 2 rings (SSSR count). The first-order valence-corrected chi connectivity index (χ1v) is 6.46. The third-order valence-corrected chi connectivity index (χ3v) is 3.73. The summed E-state index contributed by atoms with van der Waals surface area (Å²) < 4.78 is 0. The number of aromatic nitrogens is 1. The zero-order valence-electron chi connectivity index (χ0n) is 11.0. The van der Waals surface area contributed by atoms with Crippen LogP contribution < -0.4 is 4.90 Å². The van der Waals surface area contributed by atoms with Crippen LogP contribution in [0.1, 0.15) is 31.7 Å². The Kier molecular flexibility index (Phi) is 3.70. The summed E-state index contributed by atoms with van der Waals surface area (Å²) in [6.07, 6.45) is 3.76. The van der Waals surface area contributed by atoms with Gasteiger partial charge in [0.2, 0.25) is 0 Å². The molecule has 0 spiro atoms. The zero-order valence-corrected chi connectivity index (χ0v) is 11.0. The fourth-order valence-electron chi connectivity index (χ4n) is 2.69. The van der Waals surface area contributed by atoms with Gasteiger partial charge in [-0.3, -0.25) is 4.79 Å². The summed E-state index contributed by atoms with van der Waals surface area (Å²) in [5, 5.41) is 18.4. The largest absolute Gasteiger partial charge is 0.481 e. The molecule has 1 aliphatic rings. The molecule has 1 aromatic heterocycles. The average Bonchev–Trinajstić information content (AvgIpc) is 2.85. The molecule has 0 amide bonds. The molecular weight excluding hydrogens is 242 g/mol. The standard InChI is InChI=1S/C14H17N3O2/c1-2-4-14(13(18)19)5-7-17(10-14)12-8-11(9-15)3-6-16-12/h3,6,8H,2,4-5,7,10H2,1H3,(H,18,19). The molecule has 1 aromatic rings. The highest BCUT2D eigenvalue weighted by atomic mass is 16.4. The zero-order chi connectivity index (χ0) is 13.9. The Morgan fingerprint density at radius 1 is 1.68 bits per heavy atom. The van der Waals surface area contributed by atoms with Crippen molar-refractivity contribution in [3.63, 3.8) is 0 Å². The molecule has 19 heavy (non-hydrogen) atoms. The van der Waals surface area contributed by atoms with E-state index < -0.39 is 11.4 Å². The van der Waals surface area contributed by atoms with E-state index in [4.69, 9.17) is 5.26 Å². The van der Waals surface area contributed by atoms with Crippen molar-refractivity contribution in [1.82, 2.24) is 4.98 Å². The lowest BCUT2D eigenvalue weighted by molar-refractivity contribution is -0.148. The smallest absolute Gasteiger partial charge is 0.311 e. The number of anilines is 1. The predicted molar refractivity (Wildman–Crippen MR) is 70.8 cm³/mol. The van der Waals surface area contributed by atoms with Crippen LogP contribution in [-0.2, 0) is 4.79 Å². The van der Waals surface area contributed by atoms with Crippen LogP contribution in [0, 0.1) is 16.7 Å². The van der Waals surface area contributed by atoms with Gasteiger partial charge in [-0.05, 0) is 25.0 Å². The second-order valence-electron chi connectivity index (χ2n) is 5.02. The molecule has 0 aliphatic carbocycles. The minimum Gasteiger partial charge on any atom is -0.481 e. The topological polar surface area (TPSA) is 77.2 Å². The number of nitrogens with zero attached hydrogens (tertiary/aromatic N) is 3. The van der Waals surface area contributed by atoms with Crippen molar-refractivity contribution in [1.29, 1.82) is 5.26 Å². The lowest BCUT2D eigenvalue weighted by atomic mass is 9.83. The van der Waals surface area contributed by atoms with Gasteiger partial charge in [-0.15, -0.1) is 0 Å². The fourth-order valence-corrected chi connectivity index (χ4v) is 2.69. The second-order valence-corrected chi connectivity index (χ2v) is 5.02. The van der Waals surface area contributed by atoms with Gasteiger partial charge < -0.3 is 10.0 Å². The monoisotopic (exact) mass is 259 g/mol. The summed E-state index contributed by atoms with van der Waals surface area (Å²) in [5.41, 5.74) is -0.118. The van der Waals surface area contributed by atoms with Gasteiger partial charge in [0.1, 0.15) is 5.82 Å². The van der Waals surface area contributed by atoms with Crippen molar-refractivity contribution in [3.8, 4) is 6.07 Å². The Balaban J connectivity index is 2.21. The molecule has 0 aromatic carbocycles. The molecule has 0 radical (unpaired) electrons. The van der Waals surface area contributed by atoms with E-state index >= 15 is 0 Å². The fraction of sp³-hybridized carbons (Fsp3) is 0.500. The molecule has 1 aliphatic heterocycles. The highest BCUT2D eigenvalue weighted by Crippen LogP contribution is 2.37. The number of aliphatic carboxylic acids is 1. The van der Waals surface area contributed by atoms with E-state index in [-0.39, 0.29) is 0 Å². The maximum atomic E-state index is 11.5. The highest BCUT2D eigenvalue weighted by Gasteiger charge is 2.44. The van der Waals surface area contributed by atoms with Gasteiger partial charge in [-0.1, -0.05) is 13.3 Å². The lowest BCUT2D eigenvalue weighted by Gasteiger charge is -2.24. The second kappa shape index (κ2) is 5.27. The molecule has 1 unspecified atom stereocenters. The highest BCUT2D eigenvalue weighted by molar-refractivity contribution is 5.76. The third kappa shape index (κ3) is 2.53. The van der Waals surface area contributed by atoms with Gasteiger partial charge in [0.05, 0.1) is 17.0 Å².